The van der Waals surface area contributed by atoms with Gasteiger partial charge in [-0.3, -0.25) is 4.79 Å². The molecule has 1 aromatic carbocycles. The van der Waals surface area contributed by atoms with Gasteiger partial charge in [0.2, 0.25) is 5.43 Å². The van der Waals surface area contributed by atoms with E-state index < -0.39 is 23.9 Å². The van der Waals surface area contributed by atoms with Crippen LogP contribution in [-0.2, 0) is 4.74 Å². The SMILES string of the molecule is CCOC(=O)c1c(-c2cc3ccccc3nc2N2CCC(F)(F)C2)[nH]c(C)c(OC)c1=O. The molecule has 1 aliphatic rings. The van der Waals surface area contributed by atoms with Crippen LogP contribution in [0.25, 0.3) is 22.2 Å². The minimum Gasteiger partial charge on any atom is -0.491 e. The number of halogens is 2. The number of hydrogen-bond acceptors (Lipinski definition) is 6. The topological polar surface area (TPSA) is 84.5 Å². The first-order valence-corrected chi connectivity index (χ1v) is 10.3. The minimum absolute atomic E-state index is 0.0141. The lowest BCUT2D eigenvalue weighted by Crippen LogP contribution is -2.27. The summed E-state index contributed by atoms with van der Waals surface area (Å²) in [5.41, 5.74) is 0.655. The highest BCUT2D eigenvalue weighted by Gasteiger charge is 2.40. The van der Waals surface area contributed by atoms with Gasteiger partial charge in [0.1, 0.15) is 11.4 Å². The Hall–Kier alpha value is -3.49. The zero-order chi connectivity index (χ0) is 23.0. The molecule has 9 heteroatoms. The molecule has 1 saturated heterocycles. The maximum absolute atomic E-state index is 14.0. The molecule has 0 aliphatic carbocycles. The molecule has 3 aromatic rings. The van der Waals surface area contributed by atoms with Crippen LogP contribution in [0.4, 0.5) is 14.6 Å². The average Bonchev–Trinajstić information content (AvgIpc) is 3.12. The molecule has 0 radical (unpaired) electrons. The van der Waals surface area contributed by atoms with Gasteiger partial charge in [-0.05, 0) is 26.0 Å². The van der Waals surface area contributed by atoms with Crippen LogP contribution in [0, 0.1) is 6.92 Å². The number of methoxy groups -OCH3 is 1. The van der Waals surface area contributed by atoms with Gasteiger partial charge in [-0.15, -0.1) is 0 Å². The Kier molecular flexibility index (Phi) is 5.58. The molecule has 4 rings (SSSR count). The lowest BCUT2D eigenvalue weighted by atomic mass is 10.0. The van der Waals surface area contributed by atoms with Gasteiger partial charge in [0.05, 0.1) is 37.2 Å². The molecule has 1 N–H and O–H groups in total. The van der Waals surface area contributed by atoms with Crippen molar-refractivity contribution in [3.8, 4) is 17.0 Å². The van der Waals surface area contributed by atoms with E-state index in [2.05, 4.69) is 9.97 Å². The van der Waals surface area contributed by atoms with Gasteiger partial charge < -0.3 is 19.4 Å². The van der Waals surface area contributed by atoms with Crippen molar-refractivity contribution in [2.45, 2.75) is 26.2 Å². The summed E-state index contributed by atoms with van der Waals surface area (Å²) in [6, 6.07) is 8.98. The second-order valence-corrected chi connectivity index (χ2v) is 7.66. The van der Waals surface area contributed by atoms with Gasteiger partial charge in [-0.25, -0.2) is 18.6 Å². The number of aryl methyl sites for hydroxylation is 1. The molecule has 7 nitrogen and oxygen atoms in total. The summed E-state index contributed by atoms with van der Waals surface area (Å²) >= 11 is 0. The second-order valence-electron chi connectivity index (χ2n) is 7.66. The number of benzene rings is 1. The molecule has 32 heavy (non-hydrogen) atoms. The van der Waals surface area contributed by atoms with E-state index in [-0.39, 0.29) is 42.4 Å². The number of pyridine rings is 2. The predicted molar refractivity (Wildman–Crippen MR) is 117 cm³/mol. The molecule has 0 bridgehead atoms. The number of H-pyrrole nitrogens is 1. The fourth-order valence-electron chi connectivity index (χ4n) is 4.00. The molecule has 0 atom stereocenters. The highest BCUT2D eigenvalue weighted by molar-refractivity contribution is 6.00. The van der Waals surface area contributed by atoms with Crippen LogP contribution in [0.5, 0.6) is 5.75 Å². The summed E-state index contributed by atoms with van der Waals surface area (Å²) in [6.45, 7) is 2.93. The Morgan fingerprint density at radius 1 is 1.31 bits per heavy atom. The van der Waals surface area contributed by atoms with Gasteiger partial charge >= 0.3 is 5.97 Å². The number of nitrogens with zero attached hydrogens (tertiary/aromatic N) is 2. The predicted octanol–water partition coefficient (Wildman–Crippen LogP) is 3.93. The first-order chi connectivity index (χ1) is 15.3. The zero-order valence-electron chi connectivity index (χ0n) is 18.0. The summed E-state index contributed by atoms with van der Waals surface area (Å²) in [5, 5.41) is 0.737. The van der Waals surface area contributed by atoms with Gasteiger partial charge in [0.25, 0.3) is 5.92 Å². The molecule has 2 aromatic heterocycles. The zero-order valence-corrected chi connectivity index (χ0v) is 18.0. The molecule has 3 heterocycles. The average molecular weight is 443 g/mol. The third-order valence-corrected chi connectivity index (χ3v) is 5.46. The molecular formula is C23H23F2N3O4. The van der Waals surface area contributed by atoms with Crippen molar-refractivity contribution in [2.24, 2.45) is 0 Å². The molecule has 0 spiro atoms. The van der Waals surface area contributed by atoms with E-state index in [0.29, 0.717) is 16.8 Å². The first-order valence-electron chi connectivity index (χ1n) is 10.3. The van der Waals surface area contributed by atoms with Gasteiger partial charge in [0, 0.05) is 23.9 Å². The summed E-state index contributed by atoms with van der Waals surface area (Å²) in [6.07, 6.45) is -0.302. The highest BCUT2D eigenvalue weighted by atomic mass is 19.3. The molecular weight excluding hydrogens is 420 g/mol. The number of rotatable bonds is 5. The number of hydrogen-bond donors (Lipinski definition) is 1. The molecule has 0 saturated carbocycles. The lowest BCUT2D eigenvalue weighted by molar-refractivity contribution is 0.0256. The summed E-state index contributed by atoms with van der Waals surface area (Å²) < 4.78 is 38.4. The number of anilines is 1. The smallest absolute Gasteiger partial charge is 0.344 e. The van der Waals surface area contributed by atoms with E-state index in [4.69, 9.17) is 9.47 Å². The molecule has 168 valence electrons. The van der Waals surface area contributed by atoms with E-state index >= 15 is 0 Å². The van der Waals surface area contributed by atoms with Gasteiger partial charge in [-0.2, -0.15) is 0 Å². The number of esters is 1. The number of aromatic nitrogens is 2. The van der Waals surface area contributed by atoms with Gasteiger partial charge in [0.15, 0.2) is 5.75 Å². The summed E-state index contributed by atoms with van der Waals surface area (Å²) in [7, 11) is 1.33. The van der Waals surface area contributed by atoms with Crippen LogP contribution in [0.15, 0.2) is 35.1 Å². The molecule has 0 amide bonds. The first kappa shape index (κ1) is 21.7. The van der Waals surface area contributed by atoms with Crippen LogP contribution in [0.2, 0.25) is 0 Å². The Balaban J connectivity index is 2.03. The number of para-hydroxylation sites is 1. The summed E-state index contributed by atoms with van der Waals surface area (Å²) in [4.78, 5) is 35.1. The van der Waals surface area contributed by atoms with Crippen LogP contribution < -0.4 is 15.1 Å². The standard InChI is InChI=1S/C23H23F2N3O4/c1-4-32-22(30)17-18(26-13(2)20(31-3)19(17)29)15-11-14-7-5-6-8-16(14)27-21(15)28-10-9-23(24,25)12-28/h5-8,11H,4,9-10,12H2,1-3H3,(H,26,29). The van der Waals surface area contributed by atoms with Crippen LogP contribution in [0.1, 0.15) is 29.4 Å². The van der Waals surface area contributed by atoms with E-state index in [9.17, 15) is 18.4 Å². The van der Waals surface area contributed by atoms with Crippen molar-refractivity contribution in [1.82, 2.24) is 9.97 Å². The van der Waals surface area contributed by atoms with Crippen molar-refractivity contribution in [3.05, 3.63) is 51.8 Å². The number of alkyl halides is 2. The van der Waals surface area contributed by atoms with Crippen LogP contribution in [0.3, 0.4) is 0 Å². The molecule has 1 aliphatic heterocycles. The molecule has 0 unspecified atom stereocenters. The normalized spacial score (nSPS) is 15.2. The van der Waals surface area contributed by atoms with E-state index in [1.165, 1.54) is 12.0 Å². The van der Waals surface area contributed by atoms with Crippen molar-refractivity contribution < 1.29 is 23.0 Å². The number of carbonyl (C=O) groups is 1. The maximum Gasteiger partial charge on any atom is 0.344 e. The van der Waals surface area contributed by atoms with E-state index in [1.807, 2.05) is 12.1 Å². The Labute approximate surface area is 183 Å². The van der Waals surface area contributed by atoms with Crippen LogP contribution >= 0.6 is 0 Å². The number of fused-ring (bicyclic) bond motifs is 1. The van der Waals surface area contributed by atoms with Crippen molar-refractivity contribution in [2.75, 3.05) is 31.7 Å². The lowest BCUT2D eigenvalue weighted by Gasteiger charge is -2.22. The van der Waals surface area contributed by atoms with Crippen molar-refractivity contribution in [1.29, 1.82) is 0 Å². The number of nitrogens with one attached hydrogen (secondary N) is 1. The fourth-order valence-corrected chi connectivity index (χ4v) is 4.00. The largest absolute Gasteiger partial charge is 0.491 e. The third-order valence-electron chi connectivity index (χ3n) is 5.46. The third kappa shape index (κ3) is 3.79. The highest BCUT2D eigenvalue weighted by Crippen LogP contribution is 2.38. The fraction of sp³-hybridized carbons (Fsp3) is 0.348. The quantitative estimate of drug-likeness (QED) is 0.602. The Morgan fingerprint density at radius 3 is 2.72 bits per heavy atom. The van der Waals surface area contributed by atoms with Crippen molar-refractivity contribution in [3.63, 3.8) is 0 Å². The molecule has 1 fully saturated rings. The van der Waals surface area contributed by atoms with E-state index in [0.717, 1.165) is 5.39 Å². The monoisotopic (exact) mass is 443 g/mol. The maximum atomic E-state index is 14.0. The number of carbonyl (C=O) groups excluding carboxylic acids is 1. The number of ether oxygens (including phenoxy) is 2. The second kappa shape index (κ2) is 8.22. The summed E-state index contributed by atoms with van der Waals surface area (Å²) in [5.74, 6) is -3.42. The van der Waals surface area contributed by atoms with Gasteiger partial charge in [-0.1, -0.05) is 18.2 Å². The Bertz CT molecular complexity index is 1260. The number of aromatic amines is 1. The van der Waals surface area contributed by atoms with Crippen LogP contribution in [-0.4, -0.2) is 48.7 Å². The van der Waals surface area contributed by atoms with E-state index in [1.54, 1.807) is 32.0 Å². The van der Waals surface area contributed by atoms with Crippen molar-refractivity contribution >= 4 is 22.7 Å². The Morgan fingerprint density at radius 2 is 2.06 bits per heavy atom. The minimum atomic E-state index is -2.85.